The summed E-state index contributed by atoms with van der Waals surface area (Å²) in [6.45, 7) is 8.38. The van der Waals surface area contributed by atoms with Crippen molar-refractivity contribution in [3.63, 3.8) is 0 Å². The molecule has 0 aromatic heterocycles. The summed E-state index contributed by atoms with van der Waals surface area (Å²) in [7, 11) is 1.60. The molecule has 0 bridgehead atoms. The van der Waals surface area contributed by atoms with Gasteiger partial charge in [0.15, 0.2) is 17.6 Å². The fraction of sp³-hybridized carbons (Fsp3) is 0.562. The van der Waals surface area contributed by atoms with Gasteiger partial charge in [0.2, 0.25) is 0 Å². The summed E-state index contributed by atoms with van der Waals surface area (Å²) in [6.07, 6.45) is -0.505. The van der Waals surface area contributed by atoms with Gasteiger partial charge in [-0.05, 0) is 25.6 Å². The zero-order valence-electron chi connectivity index (χ0n) is 13.0. The quantitative estimate of drug-likeness (QED) is 0.827. The lowest BCUT2D eigenvalue weighted by Crippen LogP contribution is -2.51. The molecule has 2 rings (SSSR count). The van der Waals surface area contributed by atoms with Gasteiger partial charge in [0.05, 0.1) is 7.11 Å². The number of benzene rings is 1. The van der Waals surface area contributed by atoms with Gasteiger partial charge in [0.1, 0.15) is 0 Å². The van der Waals surface area contributed by atoms with Crippen LogP contribution in [0.15, 0.2) is 24.3 Å². The van der Waals surface area contributed by atoms with Crippen molar-refractivity contribution >= 4 is 5.91 Å². The zero-order chi connectivity index (χ0) is 15.2. The Labute approximate surface area is 126 Å². The zero-order valence-corrected chi connectivity index (χ0v) is 13.0. The average Bonchev–Trinajstić information content (AvgIpc) is 2.54. The van der Waals surface area contributed by atoms with E-state index < -0.39 is 6.10 Å². The number of carbonyl (C=O) groups is 1. The third-order valence-electron chi connectivity index (χ3n) is 3.85. The second kappa shape index (κ2) is 7.31. The number of para-hydroxylation sites is 2. The fourth-order valence-electron chi connectivity index (χ4n) is 2.50. The van der Waals surface area contributed by atoms with Crippen LogP contribution in [0.4, 0.5) is 0 Å². The first-order valence-electron chi connectivity index (χ1n) is 7.46. The molecule has 5 nitrogen and oxygen atoms in total. The number of methoxy groups -OCH3 is 1. The molecule has 0 radical (unpaired) electrons. The number of hydrogen-bond donors (Lipinski definition) is 0. The number of carbonyl (C=O) groups excluding carboxylic acids is 1. The molecular formula is C16H24N2O3. The Kier molecular flexibility index (Phi) is 5.44. The average molecular weight is 292 g/mol. The number of hydrogen-bond acceptors (Lipinski definition) is 4. The Balaban J connectivity index is 1.94. The maximum absolute atomic E-state index is 12.4. The molecule has 0 saturated carbocycles. The van der Waals surface area contributed by atoms with E-state index in [9.17, 15) is 4.79 Å². The van der Waals surface area contributed by atoms with E-state index in [2.05, 4.69) is 11.8 Å². The fourth-order valence-corrected chi connectivity index (χ4v) is 2.50. The second-order valence-corrected chi connectivity index (χ2v) is 5.17. The van der Waals surface area contributed by atoms with Gasteiger partial charge in [0, 0.05) is 26.2 Å². The summed E-state index contributed by atoms with van der Waals surface area (Å²) in [5, 5.41) is 0. The van der Waals surface area contributed by atoms with Crippen molar-refractivity contribution in [2.75, 3.05) is 39.8 Å². The molecule has 1 atom stereocenters. The maximum atomic E-state index is 12.4. The van der Waals surface area contributed by atoms with Gasteiger partial charge >= 0.3 is 0 Å². The van der Waals surface area contributed by atoms with Crippen LogP contribution in [-0.2, 0) is 4.79 Å². The molecule has 0 unspecified atom stereocenters. The lowest BCUT2D eigenvalue weighted by atomic mass is 10.2. The molecule has 1 aromatic rings. The first-order chi connectivity index (χ1) is 10.2. The van der Waals surface area contributed by atoms with Gasteiger partial charge < -0.3 is 19.3 Å². The Hall–Kier alpha value is -1.75. The topological polar surface area (TPSA) is 42.0 Å². The van der Waals surface area contributed by atoms with Gasteiger partial charge in [-0.2, -0.15) is 0 Å². The standard InChI is InChI=1S/C16H24N2O3/c1-4-17-9-11-18(12-10-17)16(19)13(2)21-15-8-6-5-7-14(15)20-3/h5-8,13H,4,9-12H2,1-3H3/t13-/m0/s1. The summed E-state index contributed by atoms with van der Waals surface area (Å²) in [5.74, 6) is 1.29. The highest BCUT2D eigenvalue weighted by molar-refractivity contribution is 5.81. The van der Waals surface area contributed by atoms with Crippen molar-refractivity contribution in [1.82, 2.24) is 9.80 Å². The minimum Gasteiger partial charge on any atom is -0.493 e. The molecule has 1 aliphatic heterocycles. The molecule has 0 aliphatic carbocycles. The van der Waals surface area contributed by atoms with E-state index in [4.69, 9.17) is 9.47 Å². The normalized spacial score (nSPS) is 17.4. The van der Waals surface area contributed by atoms with Crippen molar-refractivity contribution in [2.45, 2.75) is 20.0 Å². The van der Waals surface area contributed by atoms with Crippen LogP contribution in [0.3, 0.4) is 0 Å². The number of rotatable bonds is 5. The van der Waals surface area contributed by atoms with E-state index in [0.717, 1.165) is 32.7 Å². The molecule has 1 heterocycles. The smallest absolute Gasteiger partial charge is 0.263 e. The highest BCUT2D eigenvalue weighted by Gasteiger charge is 2.26. The van der Waals surface area contributed by atoms with E-state index in [1.165, 1.54) is 0 Å². The minimum absolute atomic E-state index is 0.0386. The predicted molar refractivity (Wildman–Crippen MR) is 81.8 cm³/mol. The number of piperazine rings is 1. The third-order valence-corrected chi connectivity index (χ3v) is 3.85. The molecule has 0 N–H and O–H groups in total. The van der Waals surface area contributed by atoms with Gasteiger partial charge in [-0.15, -0.1) is 0 Å². The largest absolute Gasteiger partial charge is 0.493 e. The summed E-state index contributed by atoms with van der Waals surface area (Å²) >= 11 is 0. The predicted octanol–water partition coefficient (Wildman–Crippen LogP) is 1.63. The van der Waals surface area contributed by atoms with Gasteiger partial charge in [-0.3, -0.25) is 4.79 Å². The molecule has 21 heavy (non-hydrogen) atoms. The molecular weight excluding hydrogens is 268 g/mol. The van der Waals surface area contributed by atoms with Crippen LogP contribution in [0, 0.1) is 0 Å². The maximum Gasteiger partial charge on any atom is 0.263 e. The lowest BCUT2D eigenvalue weighted by Gasteiger charge is -2.35. The van der Waals surface area contributed by atoms with Crippen molar-refractivity contribution in [3.05, 3.63) is 24.3 Å². The van der Waals surface area contributed by atoms with E-state index in [0.29, 0.717) is 11.5 Å². The van der Waals surface area contributed by atoms with Crippen LogP contribution in [0.2, 0.25) is 0 Å². The Morgan fingerprint density at radius 3 is 2.38 bits per heavy atom. The highest BCUT2D eigenvalue weighted by Crippen LogP contribution is 2.27. The molecule has 1 aliphatic rings. The lowest BCUT2D eigenvalue weighted by molar-refractivity contribution is -0.139. The summed E-state index contributed by atoms with van der Waals surface area (Å²) in [6, 6.07) is 7.39. The van der Waals surface area contributed by atoms with Crippen molar-refractivity contribution < 1.29 is 14.3 Å². The van der Waals surface area contributed by atoms with Crippen LogP contribution in [0.5, 0.6) is 11.5 Å². The monoisotopic (exact) mass is 292 g/mol. The summed E-state index contributed by atoms with van der Waals surface area (Å²) < 4.78 is 11.0. The van der Waals surface area contributed by atoms with Gasteiger partial charge in [-0.25, -0.2) is 0 Å². The molecule has 1 fully saturated rings. The first-order valence-corrected chi connectivity index (χ1v) is 7.46. The van der Waals surface area contributed by atoms with E-state index in [1.54, 1.807) is 14.0 Å². The summed E-state index contributed by atoms with van der Waals surface area (Å²) in [5.41, 5.74) is 0. The number of ether oxygens (including phenoxy) is 2. The molecule has 116 valence electrons. The van der Waals surface area contributed by atoms with Gasteiger partial charge in [-0.1, -0.05) is 19.1 Å². The molecule has 5 heteroatoms. The molecule has 0 spiro atoms. The second-order valence-electron chi connectivity index (χ2n) is 5.17. The Morgan fingerprint density at radius 2 is 1.81 bits per heavy atom. The number of likely N-dealkylation sites (N-methyl/N-ethyl adjacent to an activating group) is 1. The third kappa shape index (κ3) is 3.88. The van der Waals surface area contributed by atoms with E-state index in [1.807, 2.05) is 29.2 Å². The van der Waals surface area contributed by atoms with Crippen LogP contribution in [-0.4, -0.2) is 61.6 Å². The number of amides is 1. The van der Waals surface area contributed by atoms with Crippen molar-refractivity contribution in [1.29, 1.82) is 0 Å². The van der Waals surface area contributed by atoms with E-state index in [-0.39, 0.29) is 5.91 Å². The van der Waals surface area contributed by atoms with Crippen LogP contribution in [0.25, 0.3) is 0 Å². The first kappa shape index (κ1) is 15.6. The van der Waals surface area contributed by atoms with Crippen molar-refractivity contribution in [3.8, 4) is 11.5 Å². The number of nitrogens with zero attached hydrogens (tertiary/aromatic N) is 2. The minimum atomic E-state index is -0.505. The Morgan fingerprint density at radius 1 is 1.19 bits per heavy atom. The summed E-state index contributed by atoms with van der Waals surface area (Å²) in [4.78, 5) is 16.7. The van der Waals surface area contributed by atoms with E-state index >= 15 is 0 Å². The van der Waals surface area contributed by atoms with Crippen molar-refractivity contribution in [2.24, 2.45) is 0 Å². The molecule has 1 amide bonds. The van der Waals surface area contributed by atoms with Crippen LogP contribution >= 0.6 is 0 Å². The van der Waals surface area contributed by atoms with Crippen LogP contribution in [0.1, 0.15) is 13.8 Å². The Bertz CT molecular complexity index is 470. The van der Waals surface area contributed by atoms with Gasteiger partial charge in [0.25, 0.3) is 5.91 Å². The molecule has 1 aromatic carbocycles. The SMILES string of the molecule is CCN1CCN(C(=O)[C@H](C)Oc2ccccc2OC)CC1. The van der Waals surface area contributed by atoms with Crippen LogP contribution < -0.4 is 9.47 Å². The highest BCUT2D eigenvalue weighted by atomic mass is 16.5. The molecule has 1 saturated heterocycles.